The molecule has 3 aromatic rings. The van der Waals surface area contributed by atoms with E-state index in [-0.39, 0.29) is 5.56 Å². The Morgan fingerprint density at radius 3 is 2.36 bits per heavy atom. The van der Waals surface area contributed by atoms with Gasteiger partial charge in [-0.1, -0.05) is 59.6 Å². The summed E-state index contributed by atoms with van der Waals surface area (Å²) in [4.78, 5) is 14.5. The van der Waals surface area contributed by atoms with Gasteiger partial charge in [0.1, 0.15) is 5.69 Å². The average Bonchev–Trinajstić information content (AvgIpc) is 2.58. The van der Waals surface area contributed by atoms with Gasteiger partial charge in [0.2, 0.25) is 0 Å². The number of hydrogen-bond acceptors (Lipinski definition) is 3. The van der Waals surface area contributed by atoms with E-state index in [9.17, 15) is 4.79 Å². The molecule has 4 nitrogen and oxygen atoms in total. The van der Waals surface area contributed by atoms with Crippen molar-refractivity contribution in [1.29, 1.82) is 0 Å². The lowest BCUT2D eigenvalue weighted by molar-refractivity contribution is 0.781. The fourth-order valence-corrected chi connectivity index (χ4v) is 3.62. The van der Waals surface area contributed by atoms with Crippen molar-refractivity contribution in [2.75, 3.05) is 11.9 Å². The third-order valence-corrected chi connectivity index (χ3v) is 4.87. The number of rotatable bonds is 4. The quantitative estimate of drug-likeness (QED) is 0.579. The number of aromatic nitrogens is 2. The molecule has 0 saturated heterocycles. The van der Waals surface area contributed by atoms with Gasteiger partial charge in [-0.25, -0.2) is 0 Å². The number of benzene rings is 2. The Morgan fingerprint density at radius 1 is 1.08 bits per heavy atom. The van der Waals surface area contributed by atoms with Crippen molar-refractivity contribution in [2.45, 2.75) is 6.54 Å². The molecule has 0 fully saturated rings. The molecule has 0 N–H and O–H groups in total. The van der Waals surface area contributed by atoms with Crippen molar-refractivity contribution in [1.82, 2.24) is 9.78 Å². The number of halogens is 3. The molecule has 0 bridgehead atoms. The molecular formula is C18H14BrCl2N3O. The van der Waals surface area contributed by atoms with Crippen molar-refractivity contribution in [3.05, 3.63) is 85.2 Å². The number of anilines is 1. The second kappa shape index (κ2) is 7.60. The maximum absolute atomic E-state index is 12.6. The molecule has 2 aromatic carbocycles. The van der Waals surface area contributed by atoms with E-state index in [2.05, 4.69) is 21.0 Å². The maximum Gasteiger partial charge on any atom is 0.273 e. The first-order valence-electron chi connectivity index (χ1n) is 7.46. The molecule has 0 amide bonds. The van der Waals surface area contributed by atoms with Crippen molar-refractivity contribution >= 4 is 44.8 Å². The highest BCUT2D eigenvalue weighted by molar-refractivity contribution is 9.10. The van der Waals surface area contributed by atoms with Crippen LogP contribution in [-0.4, -0.2) is 16.8 Å². The minimum Gasteiger partial charge on any atom is -0.368 e. The molecule has 0 aliphatic carbocycles. The van der Waals surface area contributed by atoms with Gasteiger partial charge >= 0.3 is 0 Å². The first-order chi connectivity index (χ1) is 12.0. The lowest BCUT2D eigenvalue weighted by Crippen LogP contribution is -2.26. The molecule has 0 unspecified atom stereocenters. The molecule has 1 aromatic heterocycles. The van der Waals surface area contributed by atoms with Gasteiger partial charge in [-0.15, -0.1) is 0 Å². The molecule has 0 radical (unpaired) electrons. The number of nitrogens with zero attached hydrogens (tertiary/aromatic N) is 3. The van der Waals surface area contributed by atoms with Crippen LogP contribution in [0.2, 0.25) is 10.0 Å². The van der Waals surface area contributed by atoms with E-state index in [1.807, 2.05) is 42.3 Å². The Balaban J connectivity index is 2.00. The molecular weight excluding hydrogens is 425 g/mol. The van der Waals surface area contributed by atoms with E-state index in [1.165, 1.54) is 10.7 Å². The van der Waals surface area contributed by atoms with Gasteiger partial charge < -0.3 is 4.90 Å². The minimum atomic E-state index is -0.312. The summed E-state index contributed by atoms with van der Waals surface area (Å²) in [5, 5.41) is 5.06. The monoisotopic (exact) mass is 437 g/mol. The van der Waals surface area contributed by atoms with Crippen LogP contribution < -0.4 is 10.5 Å². The third kappa shape index (κ3) is 3.89. The summed E-state index contributed by atoms with van der Waals surface area (Å²) in [7, 11) is 1.90. The Morgan fingerprint density at radius 2 is 1.72 bits per heavy atom. The molecule has 0 saturated carbocycles. The first kappa shape index (κ1) is 18.0. The third-order valence-electron chi connectivity index (χ3n) is 3.69. The summed E-state index contributed by atoms with van der Waals surface area (Å²) in [6.45, 7) is 0.650. The van der Waals surface area contributed by atoms with Crippen LogP contribution in [0.25, 0.3) is 5.69 Å². The summed E-state index contributed by atoms with van der Waals surface area (Å²) < 4.78 is 1.73. The predicted molar refractivity (Wildman–Crippen MR) is 106 cm³/mol. The van der Waals surface area contributed by atoms with Crippen LogP contribution in [0.3, 0.4) is 0 Å². The highest BCUT2D eigenvalue weighted by Crippen LogP contribution is 2.29. The van der Waals surface area contributed by atoms with E-state index in [0.29, 0.717) is 32.6 Å². The second-order valence-corrected chi connectivity index (χ2v) is 7.05. The number of hydrogen-bond donors (Lipinski definition) is 0. The largest absolute Gasteiger partial charge is 0.368 e. The first-order valence-corrected chi connectivity index (χ1v) is 9.01. The van der Waals surface area contributed by atoms with Crippen molar-refractivity contribution in [2.24, 2.45) is 0 Å². The molecule has 128 valence electrons. The zero-order valence-electron chi connectivity index (χ0n) is 13.3. The predicted octanol–water partition coefficient (Wildman–Crippen LogP) is 4.94. The average molecular weight is 439 g/mol. The van der Waals surface area contributed by atoms with Gasteiger partial charge in [0.25, 0.3) is 5.56 Å². The van der Waals surface area contributed by atoms with E-state index in [1.54, 1.807) is 18.2 Å². The Kier molecular flexibility index (Phi) is 5.47. The fourth-order valence-electron chi connectivity index (χ4n) is 2.49. The molecule has 0 spiro atoms. The number of para-hydroxylation sites is 1. The van der Waals surface area contributed by atoms with Crippen LogP contribution in [0.4, 0.5) is 5.69 Å². The van der Waals surface area contributed by atoms with E-state index < -0.39 is 0 Å². The fraction of sp³-hybridized carbons (Fsp3) is 0.111. The SMILES string of the molecule is CN(Cc1ccccc1)c1cc(=O)n(-c2c(Cl)cccc2Cl)nc1Br. The standard InChI is InChI=1S/C18H14BrCl2N3O/c1-23(11-12-6-3-2-4-7-12)15-10-16(25)24(22-18(15)19)17-13(20)8-5-9-14(17)21/h2-10H,11H2,1H3. The van der Waals surface area contributed by atoms with Gasteiger partial charge in [-0.3, -0.25) is 4.79 Å². The van der Waals surface area contributed by atoms with E-state index in [4.69, 9.17) is 23.2 Å². The van der Waals surface area contributed by atoms with Gasteiger partial charge in [-0.05, 0) is 33.6 Å². The van der Waals surface area contributed by atoms with Gasteiger partial charge in [0.05, 0.1) is 15.7 Å². The molecule has 1 heterocycles. The highest BCUT2D eigenvalue weighted by Gasteiger charge is 2.16. The van der Waals surface area contributed by atoms with Crippen LogP contribution in [0.5, 0.6) is 0 Å². The summed E-state index contributed by atoms with van der Waals surface area (Å²) >= 11 is 15.8. The normalized spacial score (nSPS) is 10.7. The zero-order valence-corrected chi connectivity index (χ0v) is 16.4. The minimum absolute atomic E-state index is 0.312. The smallest absolute Gasteiger partial charge is 0.273 e. The van der Waals surface area contributed by atoms with Crippen LogP contribution in [-0.2, 0) is 6.54 Å². The topological polar surface area (TPSA) is 38.1 Å². The van der Waals surface area contributed by atoms with Crippen LogP contribution >= 0.6 is 39.1 Å². The molecule has 3 rings (SSSR count). The molecule has 25 heavy (non-hydrogen) atoms. The Bertz CT molecular complexity index is 940. The zero-order chi connectivity index (χ0) is 18.0. The van der Waals surface area contributed by atoms with Gasteiger partial charge in [0.15, 0.2) is 4.60 Å². The molecule has 0 aliphatic rings. The summed E-state index contributed by atoms with van der Waals surface area (Å²) in [5.41, 5.74) is 1.88. The lowest BCUT2D eigenvalue weighted by atomic mass is 10.2. The van der Waals surface area contributed by atoms with Crippen molar-refractivity contribution < 1.29 is 0 Å². The summed E-state index contributed by atoms with van der Waals surface area (Å²) in [5.74, 6) is 0. The Hall–Kier alpha value is -1.82. The van der Waals surface area contributed by atoms with Crippen LogP contribution in [0.15, 0.2) is 64.0 Å². The van der Waals surface area contributed by atoms with Gasteiger partial charge in [0, 0.05) is 19.7 Å². The van der Waals surface area contributed by atoms with E-state index in [0.717, 1.165) is 5.56 Å². The summed E-state index contributed by atoms with van der Waals surface area (Å²) in [6, 6.07) is 16.6. The van der Waals surface area contributed by atoms with Crippen molar-refractivity contribution in [3.8, 4) is 5.69 Å². The van der Waals surface area contributed by atoms with Crippen LogP contribution in [0, 0.1) is 0 Å². The molecule has 0 atom stereocenters. The van der Waals surface area contributed by atoms with Gasteiger partial charge in [-0.2, -0.15) is 9.78 Å². The second-order valence-electron chi connectivity index (χ2n) is 5.48. The summed E-state index contributed by atoms with van der Waals surface area (Å²) in [6.07, 6.45) is 0. The lowest BCUT2D eigenvalue weighted by Gasteiger charge is -2.21. The molecule has 7 heteroatoms. The van der Waals surface area contributed by atoms with Crippen LogP contribution in [0.1, 0.15) is 5.56 Å². The highest BCUT2D eigenvalue weighted by atomic mass is 79.9. The van der Waals surface area contributed by atoms with Crippen molar-refractivity contribution in [3.63, 3.8) is 0 Å². The van der Waals surface area contributed by atoms with E-state index >= 15 is 0 Å². The molecule has 0 aliphatic heterocycles. The maximum atomic E-state index is 12.6. The Labute approximate surface area is 163 Å².